The third kappa shape index (κ3) is 4.12. The van der Waals surface area contributed by atoms with E-state index in [1.807, 2.05) is 48.9 Å². The molecule has 152 valence electrons. The minimum Gasteiger partial charge on any atom is -0.455 e. The molecule has 2 heterocycles. The lowest BCUT2D eigenvalue weighted by molar-refractivity contribution is -0.144. The van der Waals surface area contributed by atoms with Crippen LogP contribution in [0.5, 0.6) is 0 Å². The second kappa shape index (κ2) is 8.28. The quantitative estimate of drug-likeness (QED) is 0.451. The summed E-state index contributed by atoms with van der Waals surface area (Å²) in [6, 6.07) is 15.4. The van der Waals surface area contributed by atoms with Gasteiger partial charge in [0.25, 0.3) is 5.89 Å². The van der Waals surface area contributed by atoms with Gasteiger partial charge in [0.15, 0.2) is 6.61 Å². The molecule has 2 aromatic heterocycles. The van der Waals surface area contributed by atoms with Gasteiger partial charge in [0.05, 0.1) is 17.8 Å². The van der Waals surface area contributed by atoms with Crippen LogP contribution < -0.4 is 0 Å². The van der Waals surface area contributed by atoms with Crippen molar-refractivity contribution in [1.82, 2.24) is 19.9 Å². The average Bonchev–Trinajstić information content (AvgIpc) is 3.34. The maximum absolute atomic E-state index is 13.0. The zero-order valence-corrected chi connectivity index (χ0v) is 16.5. The monoisotopic (exact) mass is 406 g/mol. The van der Waals surface area contributed by atoms with E-state index in [0.717, 1.165) is 22.6 Å². The number of hydrogen-bond donors (Lipinski definition) is 0. The fraction of sp³-hybridized carbons (Fsp3) is 0.182. The Bertz CT molecular complexity index is 1170. The Kier molecular flexibility index (Phi) is 5.38. The van der Waals surface area contributed by atoms with Crippen LogP contribution in [-0.2, 0) is 22.6 Å². The van der Waals surface area contributed by atoms with Crippen molar-refractivity contribution in [2.45, 2.75) is 26.9 Å². The highest BCUT2D eigenvalue weighted by atomic mass is 19.1. The second-order valence-electron chi connectivity index (χ2n) is 6.75. The molecule has 0 saturated carbocycles. The van der Waals surface area contributed by atoms with Gasteiger partial charge in [0.2, 0.25) is 5.82 Å². The molecule has 0 aliphatic rings. The lowest BCUT2D eigenvalue weighted by Crippen LogP contribution is -2.09. The number of carbonyl (C=O) groups is 1. The van der Waals surface area contributed by atoms with Gasteiger partial charge in [-0.05, 0) is 50.2 Å². The molecule has 0 bridgehead atoms. The van der Waals surface area contributed by atoms with Gasteiger partial charge in [0.1, 0.15) is 5.82 Å². The first-order valence-corrected chi connectivity index (χ1v) is 9.36. The van der Waals surface area contributed by atoms with Crippen molar-refractivity contribution in [3.05, 3.63) is 83.3 Å². The van der Waals surface area contributed by atoms with Gasteiger partial charge in [-0.25, -0.2) is 9.07 Å². The normalized spacial score (nSPS) is 10.9. The molecule has 0 saturated heterocycles. The third-order valence-electron chi connectivity index (χ3n) is 4.69. The van der Waals surface area contributed by atoms with Gasteiger partial charge in [-0.1, -0.05) is 23.4 Å². The molecule has 2 aromatic carbocycles. The maximum Gasteiger partial charge on any atom is 0.310 e. The van der Waals surface area contributed by atoms with E-state index in [1.165, 1.54) is 12.1 Å². The van der Waals surface area contributed by atoms with E-state index >= 15 is 0 Å². The predicted molar refractivity (Wildman–Crippen MR) is 106 cm³/mol. The van der Waals surface area contributed by atoms with E-state index < -0.39 is 5.97 Å². The molecule has 0 unspecified atom stereocenters. The highest BCUT2D eigenvalue weighted by Crippen LogP contribution is 2.19. The number of nitrogens with zero attached hydrogens (tertiary/aromatic N) is 4. The smallest absolute Gasteiger partial charge is 0.310 e. The van der Waals surface area contributed by atoms with E-state index in [-0.39, 0.29) is 24.7 Å². The molecular formula is C22H19FN4O3. The molecule has 0 atom stereocenters. The molecule has 4 rings (SSSR count). The molecule has 0 amide bonds. The van der Waals surface area contributed by atoms with Crippen molar-refractivity contribution in [3.63, 3.8) is 0 Å². The number of halogens is 1. The lowest BCUT2D eigenvalue weighted by atomic mass is 10.1. The minimum atomic E-state index is -0.421. The number of hydrogen-bond acceptors (Lipinski definition) is 6. The number of rotatable bonds is 6. The Hall–Kier alpha value is -3.81. The largest absolute Gasteiger partial charge is 0.455 e. The van der Waals surface area contributed by atoms with E-state index in [4.69, 9.17) is 9.26 Å². The zero-order valence-electron chi connectivity index (χ0n) is 16.5. The van der Waals surface area contributed by atoms with Crippen LogP contribution in [0.15, 0.2) is 59.1 Å². The van der Waals surface area contributed by atoms with E-state index in [1.54, 1.807) is 12.1 Å². The van der Waals surface area contributed by atoms with Gasteiger partial charge >= 0.3 is 5.97 Å². The Labute approximate surface area is 172 Å². The van der Waals surface area contributed by atoms with Gasteiger partial charge in [0, 0.05) is 16.8 Å². The number of aromatic nitrogens is 4. The summed E-state index contributed by atoms with van der Waals surface area (Å²) < 4.78 is 25.2. The summed E-state index contributed by atoms with van der Waals surface area (Å²) in [5, 5.41) is 8.37. The third-order valence-corrected chi connectivity index (χ3v) is 4.69. The fourth-order valence-electron chi connectivity index (χ4n) is 3.12. The van der Waals surface area contributed by atoms with E-state index in [2.05, 4.69) is 15.2 Å². The van der Waals surface area contributed by atoms with Crippen LogP contribution >= 0.6 is 0 Å². The summed E-state index contributed by atoms with van der Waals surface area (Å²) in [5.41, 5.74) is 4.01. The summed E-state index contributed by atoms with van der Waals surface area (Å²) in [5.74, 6) is -0.305. The molecule has 0 aliphatic carbocycles. The van der Waals surface area contributed by atoms with Crippen LogP contribution in [0.4, 0.5) is 4.39 Å². The molecular weight excluding hydrogens is 387 g/mol. The van der Waals surface area contributed by atoms with Crippen molar-refractivity contribution in [1.29, 1.82) is 0 Å². The van der Waals surface area contributed by atoms with Crippen LogP contribution in [0.1, 0.15) is 22.8 Å². The second-order valence-corrected chi connectivity index (χ2v) is 6.75. The highest BCUT2D eigenvalue weighted by Gasteiger charge is 2.18. The lowest BCUT2D eigenvalue weighted by Gasteiger charge is -2.05. The number of aryl methyl sites for hydroxylation is 1. The van der Waals surface area contributed by atoms with Crippen molar-refractivity contribution in [3.8, 4) is 17.1 Å². The van der Waals surface area contributed by atoms with Gasteiger partial charge in [-0.2, -0.15) is 10.1 Å². The summed E-state index contributed by atoms with van der Waals surface area (Å²) in [6.45, 7) is 3.64. The van der Waals surface area contributed by atoms with Gasteiger partial charge in [-0.15, -0.1) is 0 Å². The Morgan fingerprint density at radius 3 is 2.57 bits per heavy atom. The van der Waals surface area contributed by atoms with E-state index in [9.17, 15) is 9.18 Å². The first kappa shape index (κ1) is 19.5. The molecule has 0 fully saturated rings. The first-order chi connectivity index (χ1) is 14.5. The number of ether oxygens (including phenoxy) is 1. The number of carbonyl (C=O) groups excluding carboxylic acids is 1. The summed E-state index contributed by atoms with van der Waals surface area (Å²) in [6.07, 6.45) is 0.0868. The van der Waals surface area contributed by atoms with Crippen LogP contribution in [0.25, 0.3) is 17.1 Å². The van der Waals surface area contributed by atoms with Crippen molar-refractivity contribution >= 4 is 5.97 Å². The highest BCUT2D eigenvalue weighted by molar-refractivity contribution is 5.73. The first-order valence-electron chi connectivity index (χ1n) is 9.36. The molecule has 0 N–H and O–H groups in total. The maximum atomic E-state index is 13.0. The zero-order chi connectivity index (χ0) is 21.1. The predicted octanol–water partition coefficient (Wildman–Crippen LogP) is 3.96. The summed E-state index contributed by atoms with van der Waals surface area (Å²) >= 11 is 0. The van der Waals surface area contributed by atoms with Gasteiger partial charge in [-0.3, -0.25) is 4.79 Å². The SMILES string of the molecule is Cc1nn(-c2ccccc2)c(C)c1CC(=O)OCc1nc(-c2ccc(F)cc2)no1. The van der Waals surface area contributed by atoms with Crippen LogP contribution in [-0.4, -0.2) is 25.9 Å². The number of para-hydroxylation sites is 1. The topological polar surface area (TPSA) is 83.0 Å². The Balaban J connectivity index is 1.40. The van der Waals surface area contributed by atoms with Gasteiger partial charge < -0.3 is 9.26 Å². The Morgan fingerprint density at radius 1 is 1.10 bits per heavy atom. The summed E-state index contributed by atoms with van der Waals surface area (Å²) in [4.78, 5) is 16.5. The van der Waals surface area contributed by atoms with Crippen LogP contribution in [0.3, 0.4) is 0 Å². The molecule has 0 aliphatic heterocycles. The fourth-order valence-corrected chi connectivity index (χ4v) is 3.12. The number of esters is 1. The molecule has 8 heteroatoms. The van der Waals surface area contributed by atoms with Crippen molar-refractivity contribution < 1.29 is 18.4 Å². The molecule has 0 spiro atoms. The summed E-state index contributed by atoms with van der Waals surface area (Å²) in [7, 11) is 0. The average molecular weight is 406 g/mol. The Morgan fingerprint density at radius 2 is 1.83 bits per heavy atom. The van der Waals surface area contributed by atoms with Crippen molar-refractivity contribution in [2.75, 3.05) is 0 Å². The van der Waals surface area contributed by atoms with Crippen LogP contribution in [0, 0.1) is 19.7 Å². The van der Waals surface area contributed by atoms with Crippen molar-refractivity contribution in [2.24, 2.45) is 0 Å². The molecule has 30 heavy (non-hydrogen) atoms. The molecule has 7 nitrogen and oxygen atoms in total. The standard InChI is InChI=1S/C22H19FN4O3/c1-14-19(15(2)27(25-14)18-6-4-3-5-7-18)12-21(28)29-13-20-24-22(26-30-20)16-8-10-17(23)11-9-16/h3-11H,12-13H2,1-2H3. The minimum absolute atomic E-state index is 0.0868. The van der Waals surface area contributed by atoms with Crippen LogP contribution in [0.2, 0.25) is 0 Å². The number of benzene rings is 2. The molecule has 0 radical (unpaired) electrons. The molecule has 4 aromatic rings. The van der Waals surface area contributed by atoms with E-state index in [0.29, 0.717) is 11.4 Å².